The first-order valence-electron chi connectivity index (χ1n) is 12.2. The normalized spacial score (nSPS) is 13.2. The van der Waals surface area contributed by atoms with Gasteiger partial charge >= 0.3 is 6.09 Å². The summed E-state index contributed by atoms with van der Waals surface area (Å²) in [4.78, 5) is 22.3. The molecule has 3 heterocycles. The van der Waals surface area contributed by atoms with E-state index in [9.17, 15) is 4.79 Å². The zero-order valence-electron chi connectivity index (χ0n) is 21.8. The Labute approximate surface area is 236 Å². The van der Waals surface area contributed by atoms with E-state index >= 15 is 0 Å². The molecule has 198 valence electrons. The minimum Gasteiger partial charge on any atom is -0.442 e. The van der Waals surface area contributed by atoms with Crippen LogP contribution < -0.4 is 5.32 Å². The van der Waals surface area contributed by atoms with Gasteiger partial charge in [-0.2, -0.15) is 9.78 Å². The number of rotatable bonds is 3. The van der Waals surface area contributed by atoms with Crippen LogP contribution in [0.2, 0.25) is 5.28 Å². The van der Waals surface area contributed by atoms with Crippen LogP contribution in [0.25, 0.3) is 11.1 Å². The molecule has 0 fully saturated rings. The maximum Gasteiger partial charge on any atom is 0.435 e. The summed E-state index contributed by atoms with van der Waals surface area (Å²) in [7, 11) is 2.17. The summed E-state index contributed by atoms with van der Waals surface area (Å²) in [5, 5.41) is 7.40. The maximum atomic E-state index is 12.0. The van der Waals surface area contributed by atoms with Crippen LogP contribution in [0.3, 0.4) is 0 Å². The summed E-state index contributed by atoms with van der Waals surface area (Å²) in [5.74, 6) is 0.607. The number of fused-ring (bicyclic) bond motifs is 1. The van der Waals surface area contributed by atoms with Crippen molar-refractivity contribution in [1.82, 2.24) is 24.6 Å². The number of nitrogens with zero attached hydrogens (tertiary/aromatic N) is 5. The Bertz CT molecular complexity index is 1400. The highest BCUT2D eigenvalue weighted by Crippen LogP contribution is 2.24. The minimum atomic E-state index is -0.569. The molecule has 2 aromatic heterocycles. The largest absolute Gasteiger partial charge is 0.442 e. The Morgan fingerprint density at radius 2 is 1.84 bits per heavy atom. The lowest BCUT2D eigenvalue weighted by molar-refractivity contribution is 0.0514. The lowest BCUT2D eigenvalue weighted by Crippen LogP contribution is -2.27. The molecule has 0 amide bonds. The number of hydrogen-bond donors (Lipinski definition) is 1. The van der Waals surface area contributed by atoms with Gasteiger partial charge in [-0.1, -0.05) is 34.1 Å². The van der Waals surface area contributed by atoms with Crippen molar-refractivity contribution in [3.05, 3.63) is 88.0 Å². The van der Waals surface area contributed by atoms with Crippen molar-refractivity contribution in [2.24, 2.45) is 0 Å². The monoisotopic (exact) mass is 596 g/mol. The number of likely N-dealkylation sites (N-methyl/N-ethyl adjacent to an activating group) is 1. The molecule has 1 aliphatic heterocycles. The highest BCUT2D eigenvalue weighted by molar-refractivity contribution is 9.10. The van der Waals surface area contributed by atoms with Crippen LogP contribution in [0, 0.1) is 0 Å². The first-order chi connectivity index (χ1) is 18.1. The number of benzene rings is 2. The molecule has 4 aromatic rings. The van der Waals surface area contributed by atoms with Crippen molar-refractivity contribution in [2.75, 3.05) is 18.9 Å². The fourth-order valence-corrected chi connectivity index (χ4v) is 4.40. The Kier molecular flexibility index (Phi) is 8.81. The van der Waals surface area contributed by atoms with Crippen LogP contribution in [0.15, 0.2) is 71.6 Å². The number of nitrogens with one attached hydrogen (secondary N) is 1. The average Bonchev–Trinajstić information content (AvgIpc) is 3.34. The van der Waals surface area contributed by atoms with Crippen molar-refractivity contribution >= 4 is 45.1 Å². The molecule has 1 N–H and O–H groups in total. The Hall–Kier alpha value is -3.27. The summed E-state index contributed by atoms with van der Waals surface area (Å²) < 4.78 is 7.68. The molecule has 0 bridgehead atoms. The SMILES string of the molecule is CC(C)(C)OC(=O)n1cc(-c2ccc(Nc3ccnc(Cl)n3)cc2)cn1.CN1CCc2ccc(Br)cc2C1. The number of anilines is 2. The van der Waals surface area contributed by atoms with Gasteiger partial charge in [-0.25, -0.2) is 14.8 Å². The summed E-state index contributed by atoms with van der Waals surface area (Å²) in [5.41, 5.74) is 5.00. The molecule has 0 radical (unpaired) electrons. The van der Waals surface area contributed by atoms with E-state index in [0.29, 0.717) is 5.82 Å². The molecule has 1 aliphatic rings. The molecular weight excluding hydrogens is 568 g/mol. The molecule has 5 rings (SSSR count). The average molecular weight is 598 g/mol. The van der Waals surface area contributed by atoms with Crippen molar-refractivity contribution in [3.8, 4) is 11.1 Å². The quantitative estimate of drug-likeness (QED) is 0.256. The predicted molar refractivity (Wildman–Crippen MR) is 154 cm³/mol. The second-order valence-corrected chi connectivity index (χ2v) is 11.2. The van der Waals surface area contributed by atoms with Gasteiger partial charge in [0.2, 0.25) is 5.28 Å². The molecule has 2 aromatic carbocycles. The van der Waals surface area contributed by atoms with Gasteiger partial charge < -0.3 is 15.0 Å². The van der Waals surface area contributed by atoms with Gasteiger partial charge in [0.05, 0.1) is 6.20 Å². The standard InChI is InChI=1S/C18H18ClN5O2.C10H12BrN/c1-18(2,3)26-17(25)24-11-13(10-21-24)12-4-6-14(7-5-12)22-15-8-9-20-16(19)23-15;1-12-5-4-8-2-3-10(11)6-9(8)7-12/h4-11H,1-3H3,(H,20,22,23);2-3,6H,4-5,7H2,1H3. The Morgan fingerprint density at radius 3 is 2.55 bits per heavy atom. The van der Waals surface area contributed by atoms with Gasteiger partial charge in [0, 0.05) is 41.2 Å². The second kappa shape index (κ2) is 12.1. The van der Waals surface area contributed by atoms with E-state index in [-0.39, 0.29) is 5.28 Å². The molecule has 0 spiro atoms. The number of carbonyl (C=O) groups excluding carboxylic acids is 1. The maximum absolute atomic E-state index is 12.0. The highest BCUT2D eigenvalue weighted by atomic mass is 79.9. The lowest BCUT2D eigenvalue weighted by atomic mass is 10.0. The molecule has 10 heteroatoms. The third-order valence-electron chi connectivity index (χ3n) is 5.65. The van der Waals surface area contributed by atoms with E-state index in [4.69, 9.17) is 16.3 Å². The van der Waals surface area contributed by atoms with Gasteiger partial charge in [-0.05, 0) is 92.9 Å². The zero-order chi connectivity index (χ0) is 27.3. The molecular formula is C28H30BrClN6O2. The van der Waals surface area contributed by atoms with Crippen LogP contribution in [-0.4, -0.2) is 49.9 Å². The van der Waals surface area contributed by atoms with E-state index in [2.05, 4.69) is 66.5 Å². The molecule has 0 saturated carbocycles. The van der Waals surface area contributed by atoms with Crippen LogP contribution >= 0.6 is 27.5 Å². The first-order valence-corrected chi connectivity index (χ1v) is 13.3. The van der Waals surface area contributed by atoms with Gasteiger partial charge in [0.1, 0.15) is 11.4 Å². The Morgan fingerprint density at radius 1 is 1.08 bits per heavy atom. The molecule has 0 atom stereocenters. The highest BCUT2D eigenvalue weighted by Gasteiger charge is 2.18. The van der Waals surface area contributed by atoms with E-state index in [1.165, 1.54) is 33.2 Å². The van der Waals surface area contributed by atoms with E-state index in [1.54, 1.807) is 24.7 Å². The first kappa shape index (κ1) is 27.8. The third kappa shape index (κ3) is 7.86. The number of halogens is 2. The molecule has 38 heavy (non-hydrogen) atoms. The summed E-state index contributed by atoms with van der Waals surface area (Å²) in [6.45, 7) is 7.72. The minimum absolute atomic E-state index is 0.182. The van der Waals surface area contributed by atoms with Crippen molar-refractivity contribution < 1.29 is 9.53 Å². The Balaban J connectivity index is 0.000000232. The van der Waals surface area contributed by atoms with Crippen molar-refractivity contribution in [1.29, 1.82) is 0 Å². The lowest BCUT2D eigenvalue weighted by Gasteiger charge is -2.24. The summed E-state index contributed by atoms with van der Waals surface area (Å²) in [6, 6.07) is 15.9. The smallest absolute Gasteiger partial charge is 0.435 e. The third-order valence-corrected chi connectivity index (χ3v) is 6.33. The predicted octanol–water partition coefficient (Wildman–Crippen LogP) is 6.96. The van der Waals surface area contributed by atoms with Crippen LogP contribution in [0.4, 0.5) is 16.3 Å². The fourth-order valence-electron chi connectivity index (χ4n) is 3.85. The van der Waals surface area contributed by atoms with Gasteiger partial charge in [0.15, 0.2) is 0 Å². The van der Waals surface area contributed by atoms with E-state index < -0.39 is 11.7 Å². The van der Waals surface area contributed by atoms with Crippen molar-refractivity contribution in [2.45, 2.75) is 39.3 Å². The van der Waals surface area contributed by atoms with Gasteiger partial charge in [-0.15, -0.1) is 0 Å². The zero-order valence-corrected chi connectivity index (χ0v) is 24.1. The van der Waals surface area contributed by atoms with Crippen molar-refractivity contribution in [3.63, 3.8) is 0 Å². The van der Waals surface area contributed by atoms with Gasteiger partial charge in [-0.3, -0.25) is 0 Å². The molecule has 0 aliphatic carbocycles. The van der Waals surface area contributed by atoms with E-state index in [1.807, 2.05) is 45.0 Å². The second-order valence-electron chi connectivity index (χ2n) is 9.97. The number of carbonyl (C=O) groups is 1. The number of hydrogen-bond acceptors (Lipinski definition) is 7. The number of ether oxygens (including phenoxy) is 1. The summed E-state index contributed by atoms with van der Waals surface area (Å²) in [6.07, 6.45) is 5.52. The van der Waals surface area contributed by atoms with Gasteiger partial charge in [0.25, 0.3) is 0 Å². The number of aromatic nitrogens is 4. The van der Waals surface area contributed by atoms with Crippen LogP contribution in [-0.2, 0) is 17.7 Å². The van der Waals surface area contributed by atoms with E-state index in [0.717, 1.165) is 23.4 Å². The topological polar surface area (TPSA) is 85.2 Å². The van der Waals surface area contributed by atoms with Crippen LogP contribution in [0.5, 0.6) is 0 Å². The molecule has 0 saturated heterocycles. The molecule has 8 nitrogen and oxygen atoms in total. The fraction of sp³-hybridized carbons (Fsp3) is 0.286. The van der Waals surface area contributed by atoms with Crippen LogP contribution in [0.1, 0.15) is 31.9 Å². The summed E-state index contributed by atoms with van der Waals surface area (Å²) >= 11 is 9.27. The molecule has 0 unspecified atom stereocenters.